The fourth-order valence-corrected chi connectivity index (χ4v) is 4.89. The summed E-state index contributed by atoms with van der Waals surface area (Å²) in [7, 11) is 0. The van der Waals surface area contributed by atoms with Crippen molar-refractivity contribution in [3.8, 4) is 10.4 Å². The van der Waals surface area contributed by atoms with E-state index in [1.165, 1.54) is 0 Å². The van der Waals surface area contributed by atoms with Crippen LogP contribution in [0.2, 0.25) is 0 Å². The molecule has 2 amide bonds. The number of thiophene rings is 1. The molecule has 0 bridgehead atoms. The summed E-state index contributed by atoms with van der Waals surface area (Å²) in [5.41, 5.74) is 7.75. The normalized spacial score (nSPS) is 19.1. The molecule has 0 spiro atoms. The van der Waals surface area contributed by atoms with Crippen LogP contribution in [-0.4, -0.2) is 34.8 Å². The molecule has 0 saturated carbocycles. The van der Waals surface area contributed by atoms with Crippen LogP contribution in [0, 0.1) is 5.41 Å². The van der Waals surface area contributed by atoms with Gasteiger partial charge in [-0.3, -0.25) is 14.6 Å². The maximum atomic E-state index is 12.9. The topological polar surface area (TPSA) is 76.3 Å². The third-order valence-corrected chi connectivity index (χ3v) is 6.51. The molecule has 29 heavy (non-hydrogen) atoms. The first-order chi connectivity index (χ1) is 14.1. The minimum Gasteiger partial charge on any atom is -0.369 e. The van der Waals surface area contributed by atoms with E-state index >= 15 is 0 Å². The molecule has 0 aliphatic carbocycles. The zero-order chi connectivity index (χ0) is 20.3. The standard InChI is InChI=1S/C23H23N3O2S/c24-22(28)23(15-17-7-1-2-8-18(17)20-10-5-14-29-20)11-6-13-26(16-23)21(27)19-9-3-4-12-25-19/h1-5,7-10,12,14H,6,11,13,15-16H2,(H2,24,28). The van der Waals surface area contributed by atoms with Gasteiger partial charge in [0.2, 0.25) is 5.91 Å². The molecular weight excluding hydrogens is 382 g/mol. The predicted molar refractivity (Wildman–Crippen MR) is 114 cm³/mol. The van der Waals surface area contributed by atoms with Crippen molar-refractivity contribution >= 4 is 23.2 Å². The van der Waals surface area contributed by atoms with Crippen LogP contribution in [0.1, 0.15) is 28.9 Å². The molecule has 148 valence electrons. The molecule has 1 aliphatic heterocycles. The highest BCUT2D eigenvalue weighted by Gasteiger charge is 2.43. The summed E-state index contributed by atoms with van der Waals surface area (Å²) in [6.45, 7) is 0.924. The Bertz CT molecular complexity index is 1000. The van der Waals surface area contributed by atoms with Crippen molar-refractivity contribution in [3.05, 3.63) is 77.4 Å². The number of aromatic nitrogens is 1. The third kappa shape index (κ3) is 3.93. The van der Waals surface area contributed by atoms with E-state index in [-0.39, 0.29) is 11.8 Å². The van der Waals surface area contributed by atoms with E-state index in [4.69, 9.17) is 5.73 Å². The van der Waals surface area contributed by atoms with Gasteiger partial charge < -0.3 is 10.6 Å². The van der Waals surface area contributed by atoms with Crippen molar-refractivity contribution < 1.29 is 9.59 Å². The largest absolute Gasteiger partial charge is 0.369 e. The van der Waals surface area contributed by atoms with E-state index < -0.39 is 5.41 Å². The monoisotopic (exact) mass is 405 g/mol. The molecule has 1 aromatic carbocycles. The van der Waals surface area contributed by atoms with Gasteiger partial charge in [0.25, 0.3) is 5.91 Å². The van der Waals surface area contributed by atoms with Crippen LogP contribution in [0.15, 0.2) is 66.2 Å². The number of hydrogen-bond acceptors (Lipinski definition) is 4. The number of pyridine rings is 1. The first-order valence-electron chi connectivity index (χ1n) is 9.71. The summed E-state index contributed by atoms with van der Waals surface area (Å²) in [4.78, 5) is 32.6. The Hall–Kier alpha value is -2.99. The number of benzene rings is 1. The van der Waals surface area contributed by atoms with Crippen molar-refractivity contribution in [3.63, 3.8) is 0 Å². The highest BCUT2D eigenvalue weighted by Crippen LogP contribution is 2.38. The Kier molecular flexibility index (Phi) is 5.45. The fraction of sp³-hybridized carbons (Fsp3) is 0.261. The van der Waals surface area contributed by atoms with Crippen LogP contribution >= 0.6 is 11.3 Å². The number of nitrogens with two attached hydrogens (primary N) is 1. The maximum absolute atomic E-state index is 12.9. The van der Waals surface area contributed by atoms with Crippen LogP contribution in [-0.2, 0) is 11.2 Å². The van der Waals surface area contributed by atoms with E-state index in [2.05, 4.69) is 23.2 Å². The first-order valence-corrected chi connectivity index (χ1v) is 10.6. The highest BCUT2D eigenvalue weighted by atomic mass is 32.1. The molecule has 4 rings (SSSR count). The molecule has 1 unspecified atom stereocenters. The van der Waals surface area contributed by atoms with E-state index in [0.717, 1.165) is 22.4 Å². The van der Waals surface area contributed by atoms with Crippen LogP contribution in [0.25, 0.3) is 10.4 Å². The lowest BCUT2D eigenvalue weighted by Crippen LogP contribution is -2.53. The minimum absolute atomic E-state index is 0.150. The van der Waals surface area contributed by atoms with Crippen LogP contribution in [0.4, 0.5) is 0 Å². The van der Waals surface area contributed by atoms with Crippen molar-refractivity contribution in [2.24, 2.45) is 11.1 Å². The maximum Gasteiger partial charge on any atom is 0.272 e. The minimum atomic E-state index is -0.782. The Morgan fingerprint density at radius 2 is 1.93 bits per heavy atom. The fourth-order valence-electron chi connectivity index (χ4n) is 4.10. The van der Waals surface area contributed by atoms with Gasteiger partial charge in [0.1, 0.15) is 5.69 Å². The number of hydrogen-bond donors (Lipinski definition) is 1. The lowest BCUT2D eigenvalue weighted by molar-refractivity contribution is -0.130. The van der Waals surface area contributed by atoms with Crippen molar-refractivity contribution in [1.29, 1.82) is 0 Å². The van der Waals surface area contributed by atoms with Gasteiger partial charge in [-0.2, -0.15) is 0 Å². The molecule has 2 N–H and O–H groups in total. The molecule has 1 atom stereocenters. The predicted octanol–water partition coefficient (Wildman–Crippen LogP) is 3.76. The number of amides is 2. The van der Waals surface area contributed by atoms with Gasteiger partial charge in [0, 0.05) is 24.2 Å². The Morgan fingerprint density at radius 1 is 1.10 bits per heavy atom. The van der Waals surface area contributed by atoms with Gasteiger partial charge in [-0.15, -0.1) is 11.3 Å². The molecular formula is C23H23N3O2S. The zero-order valence-corrected chi connectivity index (χ0v) is 16.9. The average Bonchev–Trinajstić information content (AvgIpc) is 3.29. The lowest BCUT2D eigenvalue weighted by atomic mass is 9.73. The van der Waals surface area contributed by atoms with Gasteiger partial charge in [-0.05, 0) is 54.0 Å². The number of likely N-dealkylation sites (tertiary alicyclic amines) is 1. The van der Waals surface area contributed by atoms with Crippen molar-refractivity contribution in [2.75, 3.05) is 13.1 Å². The Morgan fingerprint density at radius 3 is 2.66 bits per heavy atom. The summed E-state index contributed by atoms with van der Waals surface area (Å²) in [5, 5.41) is 2.05. The summed E-state index contributed by atoms with van der Waals surface area (Å²) >= 11 is 1.67. The van der Waals surface area contributed by atoms with Gasteiger partial charge in [-0.1, -0.05) is 36.4 Å². The second kappa shape index (κ2) is 8.17. The SMILES string of the molecule is NC(=O)C1(Cc2ccccc2-c2cccs2)CCCN(C(=O)c2ccccn2)C1. The van der Waals surface area contributed by atoms with E-state index in [0.29, 0.717) is 31.6 Å². The summed E-state index contributed by atoms with van der Waals surface area (Å²) in [5.74, 6) is -0.500. The van der Waals surface area contributed by atoms with Crippen LogP contribution < -0.4 is 5.73 Å². The molecule has 1 saturated heterocycles. The van der Waals surface area contributed by atoms with Gasteiger partial charge in [-0.25, -0.2) is 0 Å². The number of nitrogens with zero attached hydrogens (tertiary/aromatic N) is 2. The van der Waals surface area contributed by atoms with E-state index in [1.807, 2.05) is 23.6 Å². The quantitative estimate of drug-likeness (QED) is 0.702. The van der Waals surface area contributed by atoms with Gasteiger partial charge in [0.15, 0.2) is 0 Å². The molecule has 3 aromatic rings. The molecule has 1 aliphatic rings. The van der Waals surface area contributed by atoms with Crippen molar-refractivity contribution in [1.82, 2.24) is 9.88 Å². The Labute approximate surface area is 174 Å². The van der Waals surface area contributed by atoms with E-state index in [9.17, 15) is 9.59 Å². The number of carbonyl (C=O) groups is 2. The first kappa shape index (κ1) is 19.3. The second-order valence-corrected chi connectivity index (χ2v) is 8.45. The lowest BCUT2D eigenvalue weighted by Gasteiger charge is -2.41. The number of piperidine rings is 1. The second-order valence-electron chi connectivity index (χ2n) is 7.50. The molecule has 1 fully saturated rings. The average molecular weight is 406 g/mol. The third-order valence-electron chi connectivity index (χ3n) is 5.60. The Balaban J connectivity index is 1.64. The number of rotatable bonds is 5. The molecule has 2 aromatic heterocycles. The summed E-state index contributed by atoms with van der Waals surface area (Å²) in [6, 6.07) is 17.5. The van der Waals surface area contributed by atoms with Crippen LogP contribution in [0.3, 0.4) is 0 Å². The molecule has 0 radical (unpaired) electrons. The summed E-state index contributed by atoms with van der Waals surface area (Å²) in [6.07, 6.45) is 3.54. The molecule has 6 heteroatoms. The van der Waals surface area contributed by atoms with Gasteiger partial charge in [0.05, 0.1) is 5.41 Å². The number of carbonyl (C=O) groups excluding carboxylic acids is 2. The summed E-state index contributed by atoms with van der Waals surface area (Å²) < 4.78 is 0. The highest BCUT2D eigenvalue weighted by molar-refractivity contribution is 7.13. The molecule has 3 heterocycles. The zero-order valence-electron chi connectivity index (χ0n) is 16.1. The van der Waals surface area contributed by atoms with Gasteiger partial charge >= 0.3 is 0 Å². The van der Waals surface area contributed by atoms with E-state index in [1.54, 1.807) is 40.6 Å². The molecule has 5 nitrogen and oxygen atoms in total. The van der Waals surface area contributed by atoms with Crippen LogP contribution in [0.5, 0.6) is 0 Å². The smallest absolute Gasteiger partial charge is 0.272 e. The van der Waals surface area contributed by atoms with Crippen molar-refractivity contribution in [2.45, 2.75) is 19.3 Å². The number of primary amides is 1.